The van der Waals surface area contributed by atoms with E-state index in [1.807, 2.05) is 0 Å². The Kier molecular flexibility index (Phi) is 4.19. The van der Waals surface area contributed by atoms with Crippen molar-refractivity contribution in [3.8, 4) is 0 Å². The number of carbonyl (C=O) groups is 2. The number of methoxy groups -OCH3 is 2. The number of nitrogens with zero attached hydrogens (tertiary/aromatic N) is 2. The second-order valence-corrected chi connectivity index (χ2v) is 2.67. The van der Waals surface area contributed by atoms with Crippen LogP contribution in [-0.2, 0) is 14.3 Å². The Morgan fingerprint density at radius 1 is 1.25 bits per heavy atom. The molecule has 1 N–H and O–H groups in total. The molecule has 0 radical (unpaired) electrons. The van der Waals surface area contributed by atoms with Gasteiger partial charge in [0.15, 0.2) is 11.5 Å². The molecule has 0 saturated heterocycles. The van der Waals surface area contributed by atoms with E-state index < -0.39 is 11.9 Å². The molecule has 1 rings (SSSR count). The molecule has 0 unspecified atom stereocenters. The largest absolute Gasteiger partial charge is 0.468 e. The third-order valence-electron chi connectivity index (χ3n) is 1.70. The predicted molar refractivity (Wildman–Crippen MR) is 53.9 cm³/mol. The van der Waals surface area contributed by atoms with Crippen molar-refractivity contribution >= 4 is 17.8 Å². The van der Waals surface area contributed by atoms with E-state index in [1.54, 1.807) is 0 Å². The smallest absolute Gasteiger partial charge is 0.360 e. The van der Waals surface area contributed by atoms with Gasteiger partial charge in [-0.3, -0.25) is 4.79 Å². The van der Waals surface area contributed by atoms with Crippen LogP contribution in [0.15, 0.2) is 12.4 Å². The maximum atomic E-state index is 11.3. The van der Waals surface area contributed by atoms with Gasteiger partial charge in [0, 0.05) is 12.4 Å². The minimum Gasteiger partial charge on any atom is -0.468 e. The van der Waals surface area contributed by atoms with Gasteiger partial charge in [0.05, 0.1) is 14.2 Å². The highest BCUT2D eigenvalue weighted by Gasteiger charge is 2.14. The summed E-state index contributed by atoms with van der Waals surface area (Å²) >= 11 is 0. The summed E-state index contributed by atoms with van der Waals surface area (Å²) < 4.78 is 8.95. The zero-order valence-corrected chi connectivity index (χ0v) is 8.89. The van der Waals surface area contributed by atoms with Gasteiger partial charge in [-0.15, -0.1) is 0 Å². The van der Waals surface area contributed by atoms with Crippen LogP contribution >= 0.6 is 0 Å². The zero-order valence-electron chi connectivity index (χ0n) is 8.89. The summed E-state index contributed by atoms with van der Waals surface area (Å²) in [5.41, 5.74) is 0.0221. The molecule has 0 bridgehead atoms. The van der Waals surface area contributed by atoms with Crippen LogP contribution in [0.3, 0.4) is 0 Å². The fraction of sp³-hybridized carbons (Fsp3) is 0.333. The van der Waals surface area contributed by atoms with E-state index in [-0.39, 0.29) is 18.1 Å². The predicted octanol–water partition coefficient (Wildman–Crippen LogP) is -0.152. The highest BCUT2D eigenvalue weighted by atomic mass is 16.5. The molecule has 0 aliphatic rings. The van der Waals surface area contributed by atoms with Gasteiger partial charge < -0.3 is 14.8 Å². The fourth-order valence-electron chi connectivity index (χ4n) is 0.942. The SMILES string of the molecule is COC(=O)CNc1nccnc1C(=O)OC. The van der Waals surface area contributed by atoms with Crippen LogP contribution in [0.1, 0.15) is 10.5 Å². The summed E-state index contributed by atoms with van der Waals surface area (Å²) in [7, 11) is 2.50. The van der Waals surface area contributed by atoms with Crippen LogP contribution in [0.25, 0.3) is 0 Å². The molecule has 1 aromatic rings. The number of carbonyl (C=O) groups excluding carboxylic acids is 2. The molecule has 0 atom stereocenters. The molecule has 1 aromatic heterocycles. The van der Waals surface area contributed by atoms with E-state index in [0.717, 1.165) is 0 Å². The van der Waals surface area contributed by atoms with Crippen molar-refractivity contribution in [2.45, 2.75) is 0 Å². The average Bonchev–Trinajstić information content (AvgIpc) is 2.35. The standard InChI is InChI=1S/C9H11N3O4/c1-15-6(13)5-12-8-7(9(14)16-2)10-3-4-11-8/h3-4H,5H2,1-2H3,(H,11,12). The summed E-state index contributed by atoms with van der Waals surface area (Å²) in [6.45, 7) is -0.0980. The molecule has 0 spiro atoms. The lowest BCUT2D eigenvalue weighted by Crippen LogP contribution is -2.18. The van der Waals surface area contributed by atoms with Crippen molar-refractivity contribution < 1.29 is 19.1 Å². The monoisotopic (exact) mass is 225 g/mol. The van der Waals surface area contributed by atoms with Gasteiger partial charge in [-0.25, -0.2) is 14.8 Å². The molecule has 0 aliphatic heterocycles. The fourth-order valence-corrected chi connectivity index (χ4v) is 0.942. The Labute approximate surface area is 91.8 Å². The highest BCUT2D eigenvalue weighted by Crippen LogP contribution is 2.08. The first-order valence-corrected chi connectivity index (χ1v) is 4.39. The first kappa shape index (κ1) is 11.9. The number of hydrogen-bond acceptors (Lipinski definition) is 7. The molecule has 16 heavy (non-hydrogen) atoms. The molecule has 7 nitrogen and oxygen atoms in total. The number of aromatic nitrogens is 2. The van der Waals surface area contributed by atoms with Crippen molar-refractivity contribution in [1.82, 2.24) is 9.97 Å². The van der Waals surface area contributed by atoms with Crippen LogP contribution < -0.4 is 5.32 Å². The molecular formula is C9H11N3O4. The van der Waals surface area contributed by atoms with Gasteiger partial charge in [-0.1, -0.05) is 0 Å². The van der Waals surface area contributed by atoms with Crippen molar-refractivity contribution in [2.75, 3.05) is 26.1 Å². The van der Waals surface area contributed by atoms with E-state index in [0.29, 0.717) is 0 Å². The Morgan fingerprint density at radius 3 is 2.56 bits per heavy atom. The van der Waals surface area contributed by atoms with Gasteiger partial charge in [-0.2, -0.15) is 0 Å². The Bertz CT molecular complexity index is 394. The van der Waals surface area contributed by atoms with E-state index in [2.05, 4.69) is 24.8 Å². The maximum absolute atomic E-state index is 11.3. The van der Waals surface area contributed by atoms with Crippen LogP contribution in [0.2, 0.25) is 0 Å². The van der Waals surface area contributed by atoms with Crippen LogP contribution in [-0.4, -0.2) is 42.7 Å². The number of esters is 2. The van der Waals surface area contributed by atoms with Crippen LogP contribution in [0, 0.1) is 0 Å². The number of anilines is 1. The summed E-state index contributed by atoms with van der Waals surface area (Å²) in [6.07, 6.45) is 2.75. The summed E-state index contributed by atoms with van der Waals surface area (Å²) in [5, 5.41) is 2.63. The molecular weight excluding hydrogens is 214 g/mol. The maximum Gasteiger partial charge on any atom is 0.360 e. The van der Waals surface area contributed by atoms with E-state index in [4.69, 9.17) is 0 Å². The average molecular weight is 225 g/mol. The first-order valence-electron chi connectivity index (χ1n) is 4.39. The minimum atomic E-state index is -0.625. The molecule has 86 valence electrons. The lowest BCUT2D eigenvalue weighted by molar-refractivity contribution is -0.138. The normalized spacial score (nSPS) is 9.38. The molecule has 7 heteroatoms. The molecule has 0 amide bonds. The Balaban J connectivity index is 2.79. The topological polar surface area (TPSA) is 90.4 Å². The van der Waals surface area contributed by atoms with E-state index in [1.165, 1.54) is 26.6 Å². The number of hydrogen-bond donors (Lipinski definition) is 1. The quantitative estimate of drug-likeness (QED) is 0.712. The second-order valence-electron chi connectivity index (χ2n) is 2.67. The first-order chi connectivity index (χ1) is 7.69. The van der Waals surface area contributed by atoms with Crippen molar-refractivity contribution in [1.29, 1.82) is 0 Å². The zero-order chi connectivity index (χ0) is 12.0. The molecule has 0 aliphatic carbocycles. The lowest BCUT2D eigenvalue weighted by Gasteiger charge is -2.06. The summed E-state index contributed by atoms with van der Waals surface area (Å²) in [5.74, 6) is -0.915. The van der Waals surface area contributed by atoms with Crippen LogP contribution in [0.4, 0.5) is 5.82 Å². The Hall–Kier alpha value is -2.18. The molecule has 0 fully saturated rings. The van der Waals surface area contributed by atoms with Crippen molar-refractivity contribution in [2.24, 2.45) is 0 Å². The minimum absolute atomic E-state index is 0.0221. The molecule has 0 saturated carbocycles. The molecule has 1 heterocycles. The number of nitrogens with one attached hydrogen (secondary N) is 1. The summed E-state index contributed by atoms with van der Waals surface area (Å²) in [6, 6.07) is 0. The van der Waals surface area contributed by atoms with E-state index in [9.17, 15) is 9.59 Å². The molecule has 0 aromatic carbocycles. The number of rotatable bonds is 4. The summed E-state index contributed by atoms with van der Waals surface area (Å²) in [4.78, 5) is 29.8. The second kappa shape index (κ2) is 5.64. The lowest BCUT2D eigenvalue weighted by atomic mass is 10.4. The Morgan fingerprint density at radius 2 is 1.94 bits per heavy atom. The van der Waals surface area contributed by atoms with Gasteiger partial charge in [0.2, 0.25) is 0 Å². The van der Waals surface area contributed by atoms with Gasteiger partial charge >= 0.3 is 11.9 Å². The van der Waals surface area contributed by atoms with Gasteiger partial charge in [0.25, 0.3) is 0 Å². The van der Waals surface area contributed by atoms with Gasteiger partial charge in [-0.05, 0) is 0 Å². The van der Waals surface area contributed by atoms with E-state index >= 15 is 0 Å². The van der Waals surface area contributed by atoms with Crippen LogP contribution in [0.5, 0.6) is 0 Å². The third-order valence-corrected chi connectivity index (χ3v) is 1.70. The third kappa shape index (κ3) is 2.91. The van der Waals surface area contributed by atoms with Crippen molar-refractivity contribution in [3.63, 3.8) is 0 Å². The van der Waals surface area contributed by atoms with Gasteiger partial charge in [0.1, 0.15) is 6.54 Å². The number of ether oxygens (including phenoxy) is 2. The van der Waals surface area contributed by atoms with Crippen molar-refractivity contribution in [3.05, 3.63) is 18.1 Å². The highest BCUT2D eigenvalue weighted by molar-refractivity contribution is 5.92.